The molecule has 1 amide bonds. The first-order chi connectivity index (χ1) is 12.8. The number of aryl methyl sites for hydroxylation is 2. The monoisotopic (exact) mass is 345 g/mol. The minimum Gasteiger partial charge on any atom is -0.361 e. The van der Waals surface area contributed by atoms with E-state index in [2.05, 4.69) is 20.4 Å². The Labute approximate surface area is 150 Å². The normalized spacial score (nSPS) is 10.9. The van der Waals surface area contributed by atoms with Crippen molar-refractivity contribution < 1.29 is 4.79 Å². The number of nitrogens with zero attached hydrogens (tertiary/aromatic N) is 3. The van der Waals surface area contributed by atoms with Crippen LogP contribution in [0, 0.1) is 0 Å². The van der Waals surface area contributed by atoms with Crippen LogP contribution in [0.2, 0.25) is 0 Å². The highest BCUT2D eigenvalue weighted by Crippen LogP contribution is 2.18. The number of carbonyl (C=O) groups is 1. The lowest BCUT2D eigenvalue weighted by Crippen LogP contribution is -2.15. The van der Waals surface area contributed by atoms with Gasteiger partial charge >= 0.3 is 0 Å². The van der Waals surface area contributed by atoms with Crippen molar-refractivity contribution in [1.29, 1.82) is 0 Å². The summed E-state index contributed by atoms with van der Waals surface area (Å²) in [5.41, 5.74) is 3.23. The lowest BCUT2D eigenvalue weighted by molar-refractivity contribution is -0.115. The Morgan fingerprint density at radius 3 is 2.85 bits per heavy atom. The number of H-pyrrole nitrogens is 1. The van der Waals surface area contributed by atoms with E-state index in [1.54, 1.807) is 12.4 Å². The third kappa shape index (κ3) is 3.64. The van der Waals surface area contributed by atoms with Gasteiger partial charge in [0.25, 0.3) is 0 Å². The maximum atomic E-state index is 12.3. The van der Waals surface area contributed by atoms with Crippen LogP contribution in [-0.4, -0.2) is 25.7 Å². The van der Waals surface area contributed by atoms with Crippen molar-refractivity contribution in [3.05, 3.63) is 78.4 Å². The number of rotatable bonds is 6. The van der Waals surface area contributed by atoms with E-state index < -0.39 is 0 Å². The Morgan fingerprint density at radius 1 is 1.12 bits per heavy atom. The zero-order chi connectivity index (χ0) is 17.8. The Bertz CT molecular complexity index is 1020. The smallest absolute Gasteiger partial charge is 0.230 e. The molecule has 6 heteroatoms. The second-order valence-corrected chi connectivity index (χ2v) is 6.15. The van der Waals surface area contributed by atoms with Crippen molar-refractivity contribution in [2.75, 3.05) is 5.32 Å². The number of para-hydroxylation sites is 1. The van der Waals surface area contributed by atoms with Crippen molar-refractivity contribution in [3.63, 3.8) is 0 Å². The van der Waals surface area contributed by atoms with E-state index in [1.165, 1.54) is 5.56 Å². The van der Waals surface area contributed by atoms with Gasteiger partial charge in [-0.25, -0.2) is 0 Å². The fourth-order valence-electron chi connectivity index (χ4n) is 2.98. The lowest BCUT2D eigenvalue weighted by atomic mass is 10.1. The van der Waals surface area contributed by atoms with E-state index in [9.17, 15) is 4.79 Å². The van der Waals surface area contributed by atoms with Gasteiger partial charge in [0.05, 0.1) is 6.42 Å². The summed E-state index contributed by atoms with van der Waals surface area (Å²) in [5.74, 6) is 0.499. The maximum Gasteiger partial charge on any atom is 0.230 e. The maximum absolute atomic E-state index is 12.3. The van der Waals surface area contributed by atoms with Gasteiger partial charge in [0, 0.05) is 48.3 Å². The van der Waals surface area contributed by atoms with Gasteiger partial charge in [0.1, 0.15) is 0 Å². The molecular formula is C20H19N5O. The Hall–Kier alpha value is -3.41. The van der Waals surface area contributed by atoms with Crippen molar-refractivity contribution >= 4 is 22.6 Å². The average Bonchev–Trinajstić information content (AvgIpc) is 3.28. The molecule has 6 nitrogen and oxygen atoms in total. The van der Waals surface area contributed by atoms with Gasteiger partial charge in [-0.2, -0.15) is 5.10 Å². The zero-order valence-electron chi connectivity index (χ0n) is 14.2. The number of carbonyl (C=O) groups excluding carboxylic acids is 1. The number of aromatic amines is 1. The van der Waals surface area contributed by atoms with Gasteiger partial charge in [-0.15, -0.1) is 0 Å². The van der Waals surface area contributed by atoms with E-state index in [1.807, 2.05) is 59.5 Å². The lowest BCUT2D eigenvalue weighted by Gasteiger charge is -2.03. The molecular weight excluding hydrogens is 326 g/mol. The molecule has 0 aliphatic heterocycles. The summed E-state index contributed by atoms with van der Waals surface area (Å²) in [5, 5.41) is 8.36. The van der Waals surface area contributed by atoms with Crippen LogP contribution in [0.1, 0.15) is 11.1 Å². The molecule has 0 unspecified atom stereocenters. The molecule has 0 saturated carbocycles. The molecule has 0 spiro atoms. The van der Waals surface area contributed by atoms with Crippen LogP contribution < -0.4 is 5.32 Å². The molecule has 4 aromatic rings. The summed E-state index contributed by atoms with van der Waals surface area (Å²) in [4.78, 5) is 19.5. The number of aromatic nitrogens is 4. The molecule has 1 aromatic carbocycles. The third-order valence-corrected chi connectivity index (χ3v) is 4.31. The van der Waals surface area contributed by atoms with Gasteiger partial charge in [0.15, 0.2) is 5.82 Å². The van der Waals surface area contributed by atoms with Crippen LogP contribution in [0.25, 0.3) is 10.9 Å². The molecule has 0 aliphatic carbocycles. The van der Waals surface area contributed by atoms with Gasteiger partial charge < -0.3 is 10.3 Å². The predicted octanol–water partition coefficient (Wildman–Crippen LogP) is 3.18. The van der Waals surface area contributed by atoms with Gasteiger partial charge in [-0.05, 0) is 35.7 Å². The Kier molecular flexibility index (Phi) is 4.47. The first-order valence-electron chi connectivity index (χ1n) is 8.55. The molecule has 26 heavy (non-hydrogen) atoms. The van der Waals surface area contributed by atoms with E-state index in [0.717, 1.165) is 29.4 Å². The predicted molar refractivity (Wildman–Crippen MR) is 101 cm³/mol. The Balaban J connectivity index is 1.35. The number of nitrogens with one attached hydrogen (secondary N) is 2. The molecule has 0 bridgehead atoms. The molecule has 130 valence electrons. The third-order valence-electron chi connectivity index (χ3n) is 4.31. The van der Waals surface area contributed by atoms with Crippen LogP contribution in [0.5, 0.6) is 0 Å². The van der Waals surface area contributed by atoms with Crippen molar-refractivity contribution in [3.8, 4) is 0 Å². The molecule has 3 heterocycles. The van der Waals surface area contributed by atoms with Gasteiger partial charge in [-0.3, -0.25) is 14.5 Å². The van der Waals surface area contributed by atoms with E-state index in [0.29, 0.717) is 12.2 Å². The number of hydrogen-bond donors (Lipinski definition) is 2. The molecule has 0 radical (unpaired) electrons. The van der Waals surface area contributed by atoms with Crippen LogP contribution in [0.4, 0.5) is 5.82 Å². The van der Waals surface area contributed by atoms with Crippen LogP contribution >= 0.6 is 0 Å². The topological polar surface area (TPSA) is 75.6 Å². The van der Waals surface area contributed by atoms with Crippen LogP contribution in [0.3, 0.4) is 0 Å². The second kappa shape index (κ2) is 7.23. The summed E-state index contributed by atoms with van der Waals surface area (Å²) in [6, 6.07) is 13.8. The molecule has 0 atom stereocenters. The number of hydrogen-bond acceptors (Lipinski definition) is 3. The van der Waals surface area contributed by atoms with E-state index >= 15 is 0 Å². The highest BCUT2D eigenvalue weighted by molar-refractivity contribution is 5.95. The molecule has 3 aromatic heterocycles. The number of fused-ring (bicyclic) bond motifs is 1. The fourth-order valence-corrected chi connectivity index (χ4v) is 2.98. The summed E-state index contributed by atoms with van der Waals surface area (Å²) >= 11 is 0. The van der Waals surface area contributed by atoms with E-state index in [4.69, 9.17) is 0 Å². The summed E-state index contributed by atoms with van der Waals surface area (Å²) in [6.45, 7) is 0.752. The summed E-state index contributed by atoms with van der Waals surface area (Å²) < 4.78 is 1.84. The second-order valence-electron chi connectivity index (χ2n) is 6.15. The van der Waals surface area contributed by atoms with Crippen molar-refractivity contribution in [1.82, 2.24) is 19.7 Å². The SMILES string of the molecule is O=C(Cc1c[nH]c2ccccc12)Nc1ccn(CCc2ccncc2)n1. The largest absolute Gasteiger partial charge is 0.361 e. The Morgan fingerprint density at radius 2 is 1.96 bits per heavy atom. The summed E-state index contributed by atoms with van der Waals surface area (Å²) in [7, 11) is 0. The molecule has 2 N–H and O–H groups in total. The number of benzene rings is 1. The van der Waals surface area contributed by atoms with Crippen molar-refractivity contribution in [2.24, 2.45) is 0 Å². The number of amides is 1. The molecule has 0 fully saturated rings. The highest BCUT2D eigenvalue weighted by atomic mass is 16.1. The quantitative estimate of drug-likeness (QED) is 0.563. The fraction of sp³-hybridized carbons (Fsp3) is 0.150. The highest BCUT2D eigenvalue weighted by Gasteiger charge is 2.10. The first-order valence-corrected chi connectivity index (χ1v) is 8.55. The van der Waals surface area contributed by atoms with Crippen molar-refractivity contribution in [2.45, 2.75) is 19.4 Å². The van der Waals surface area contributed by atoms with Crippen LogP contribution in [0.15, 0.2) is 67.3 Å². The number of pyridine rings is 1. The van der Waals surface area contributed by atoms with Crippen LogP contribution in [-0.2, 0) is 24.2 Å². The average molecular weight is 345 g/mol. The van der Waals surface area contributed by atoms with E-state index in [-0.39, 0.29) is 5.91 Å². The minimum absolute atomic E-state index is 0.0749. The standard InChI is InChI=1S/C20H19N5O/c26-20(13-16-14-22-18-4-2-1-3-17(16)18)23-19-8-12-25(24-19)11-7-15-5-9-21-10-6-15/h1-6,8-10,12,14,22H,7,11,13H2,(H,23,24,26). The zero-order valence-corrected chi connectivity index (χ0v) is 14.2. The molecule has 0 aliphatic rings. The first kappa shape index (κ1) is 16.1. The number of anilines is 1. The minimum atomic E-state index is -0.0749. The molecule has 0 saturated heterocycles. The summed E-state index contributed by atoms with van der Waals surface area (Å²) in [6.07, 6.45) is 8.52. The van der Waals surface area contributed by atoms with Gasteiger partial charge in [0.2, 0.25) is 5.91 Å². The van der Waals surface area contributed by atoms with Gasteiger partial charge in [-0.1, -0.05) is 18.2 Å². The molecule has 4 rings (SSSR count).